The first-order chi connectivity index (χ1) is 3.72. The van der Waals surface area contributed by atoms with Gasteiger partial charge in [-0.3, -0.25) is 0 Å². The highest BCUT2D eigenvalue weighted by Gasteiger charge is 1.93. The number of halogens is 2. The Balaban J connectivity index is 3.83. The highest BCUT2D eigenvalue weighted by atomic mass is 79.9. The van der Waals surface area contributed by atoms with Gasteiger partial charge in [-0.1, -0.05) is 41.4 Å². The third kappa shape index (κ3) is 2.73. The number of allylic oxidation sites excluding steroid dienone is 2. The highest BCUT2D eigenvalue weighted by molar-refractivity contribution is 9.11. The second-order valence-electron chi connectivity index (χ2n) is 1.52. The van der Waals surface area contributed by atoms with Gasteiger partial charge in [-0.2, -0.15) is 0 Å². The van der Waals surface area contributed by atoms with Gasteiger partial charge in [-0.05, 0) is 12.8 Å². The van der Waals surface area contributed by atoms with E-state index in [2.05, 4.69) is 22.9 Å². The van der Waals surface area contributed by atoms with Crippen LogP contribution >= 0.6 is 27.5 Å². The standard InChI is InChI=1S/C6H10BrCl/c1-3-5(7)6(8)4-2/h3-4H2,1-2H3. The molecule has 8 heavy (non-hydrogen) atoms. The second-order valence-corrected chi connectivity index (χ2v) is 2.93. The van der Waals surface area contributed by atoms with E-state index in [1.54, 1.807) is 0 Å². The molecule has 0 unspecified atom stereocenters. The summed E-state index contributed by atoms with van der Waals surface area (Å²) in [5, 5.41) is 0.938. The Morgan fingerprint density at radius 1 is 1.38 bits per heavy atom. The summed E-state index contributed by atoms with van der Waals surface area (Å²) >= 11 is 9.10. The van der Waals surface area contributed by atoms with Crippen molar-refractivity contribution in [3.8, 4) is 0 Å². The lowest BCUT2D eigenvalue weighted by Crippen LogP contribution is -1.71. The molecule has 0 aromatic rings. The van der Waals surface area contributed by atoms with Crippen molar-refractivity contribution in [2.45, 2.75) is 26.7 Å². The van der Waals surface area contributed by atoms with Crippen molar-refractivity contribution in [3.63, 3.8) is 0 Å². The van der Waals surface area contributed by atoms with E-state index in [1.807, 2.05) is 6.92 Å². The Morgan fingerprint density at radius 3 is 2.00 bits per heavy atom. The monoisotopic (exact) mass is 196 g/mol. The molecule has 0 radical (unpaired) electrons. The van der Waals surface area contributed by atoms with E-state index in [9.17, 15) is 0 Å². The van der Waals surface area contributed by atoms with Crippen LogP contribution in [0.1, 0.15) is 26.7 Å². The van der Waals surface area contributed by atoms with Gasteiger partial charge in [0.2, 0.25) is 0 Å². The van der Waals surface area contributed by atoms with Gasteiger partial charge < -0.3 is 0 Å². The molecule has 0 amide bonds. The number of hydrogen-bond acceptors (Lipinski definition) is 0. The van der Waals surface area contributed by atoms with Crippen LogP contribution in [-0.2, 0) is 0 Å². The quantitative estimate of drug-likeness (QED) is 0.634. The summed E-state index contributed by atoms with van der Waals surface area (Å²) < 4.78 is 1.13. The molecule has 0 saturated heterocycles. The molecule has 0 rings (SSSR count). The maximum Gasteiger partial charge on any atom is 0.0279 e. The summed E-state index contributed by atoms with van der Waals surface area (Å²) in [4.78, 5) is 0. The summed E-state index contributed by atoms with van der Waals surface area (Å²) in [6.45, 7) is 4.11. The second kappa shape index (κ2) is 4.39. The molecule has 0 aliphatic rings. The summed E-state index contributed by atoms with van der Waals surface area (Å²) in [6.07, 6.45) is 1.92. The van der Waals surface area contributed by atoms with Gasteiger partial charge >= 0.3 is 0 Å². The predicted octanol–water partition coefficient (Wildman–Crippen LogP) is 3.65. The van der Waals surface area contributed by atoms with Crippen LogP contribution in [-0.4, -0.2) is 0 Å². The van der Waals surface area contributed by atoms with E-state index in [0.717, 1.165) is 22.4 Å². The van der Waals surface area contributed by atoms with Crippen LogP contribution in [0.4, 0.5) is 0 Å². The van der Waals surface area contributed by atoms with Gasteiger partial charge in [0.25, 0.3) is 0 Å². The Bertz CT molecular complexity index is 84.7. The van der Waals surface area contributed by atoms with E-state index in [0.29, 0.717) is 0 Å². The minimum atomic E-state index is 0.927. The molecule has 0 spiro atoms. The molecular weight excluding hydrogens is 187 g/mol. The highest BCUT2D eigenvalue weighted by Crippen LogP contribution is 2.20. The van der Waals surface area contributed by atoms with Crippen LogP contribution < -0.4 is 0 Å². The molecule has 0 bridgehead atoms. The first-order valence-electron chi connectivity index (χ1n) is 2.75. The zero-order valence-electron chi connectivity index (χ0n) is 5.17. The third-order valence-corrected chi connectivity index (χ3v) is 2.68. The predicted molar refractivity (Wildman–Crippen MR) is 42.4 cm³/mol. The topological polar surface area (TPSA) is 0 Å². The molecule has 0 saturated carbocycles. The van der Waals surface area contributed by atoms with Gasteiger partial charge in [0.05, 0.1) is 0 Å². The van der Waals surface area contributed by atoms with Crippen molar-refractivity contribution < 1.29 is 0 Å². The fraction of sp³-hybridized carbons (Fsp3) is 0.667. The molecule has 0 fully saturated rings. The normalized spacial score (nSPS) is 13.5. The van der Waals surface area contributed by atoms with Crippen molar-refractivity contribution in [3.05, 3.63) is 9.51 Å². The molecule has 48 valence electrons. The fourth-order valence-electron chi connectivity index (χ4n) is 0.384. The van der Waals surface area contributed by atoms with Gasteiger partial charge in [0, 0.05) is 9.51 Å². The van der Waals surface area contributed by atoms with E-state index >= 15 is 0 Å². The SMILES string of the molecule is CCC(Cl)=C(Br)CC. The number of rotatable bonds is 2. The summed E-state index contributed by atoms with van der Waals surface area (Å²) in [7, 11) is 0. The maximum atomic E-state index is 5.75. The lowest BCUT2D eigenvalue weighted by atomic mass is 10.3. The minimum Gasteiger partial charge on any atom is -0.0883 e. The first-order valence-corrected chi connectivity index (χ1v) is 3.92. The first kappa shape index (κ1) is 8.51. The average molecular weight is 198 g/mol. The van der Waals surface area contributed by atoms with Crippen LogP contribution in [0.15, 0.2) is 9.51 Å². The third-order valence-electron chi connectivity index (χ3n) is 0.915. The van der Waals surface area contributed by atoms with E-state index in [-0.39, 0.29) is 0 Å². The molecule has 0 aromatic heterocycles. The number of hydrogen-bond donors (Lipinski definition) is 0. The van der Waals surface area contributed by atoms with Crippen LogP contribution in [0.2, 0.25) is 0 Å². The van der Waals surface area contributed by atoms with Crippen LogP contribution in [0, 0.1) is 0 Å². The van der Waals surface area contributed by atoms with Gasteiger partial charge in [0.15, 0.2) is 0 Å². The maximum absolute atomic E-state index is 5.75. The van der Waals surface area contributed by atoms with Crippen molar-refractivity contribution >= 4 is 27.5 Å². The van der Waals surface area contributed by atoms with Crippen molar-refractivity contribution in [2.75, 3.05) is 0 Å². The average Bonchev–Trinajstić information content (AvgIpc) is 1.84. The van der Waals surface area contributed by atoms with Crippen molar-refractivity contribution in [1.82, 2.24) is 0 Å². The van der Waals surface area contributed by atoms with E-state index in [4.69, 9.17) is 11.6 Å². The Hall–Kier alpha value is 0.510. The Kier molecular flexibility index (Phi) is 4.68. The molecule has 0 aliphatic heterocycles. The van der Waals surface area contributed by atoms with E-state index in [1.165, 1.54) is 0 Å². The van der Waals surface area contributed by atoms with Crippen molar-refractivity contribution in [1.29, 1.82) is 0 Å². The van der Waals surface area contributed by atoms with E-state index < -0.39 is 0 Å². The lowest BCUT2D eigenvalue weighted by molar-refractivity contribution is 1.12. The van der Waals surface area contributed by atoms with Gasteiger partial charge in [-0.15, -0.1) is 0 Å². The molecular formula is C6H10BrCl. The summed E-state index contributed by atoms with van der Waals surface area (Å²) in [6, 6.07) is 0. The lowest BCUT2D eigenvalue weighted by Gasteiger charge is -1.94. The summed E-state index contributed by atoms with van der Waals surface area (Å²) in [5.41, 5.74) is 0. The largest absolute Gasteiger partial charge is 0.0883 e. The van der Waals surface area contributed by atoms with Gasteiger partial charge in [0.1, 0.15) is 0 Å². The Labute approximate surface area is 64.0 Å². The minimum absolute atomic E-state index is 0.927. The molecule has 2 heteroatoms. The van der Waals surface area contributed by atoms with Crippen LogP contribution in [0.5, 0.6) is 0 Å². The molecule has 0 aromatic carbocycles. The molecule has 0 aliphatic carbocycles. The van der Waals surface area contributed by atoms with Crippen LogP contribution in [0.3, 0.4) is 0 Å². The molecule has 0 nitrogen and oxygen atoms in total. The molecule has 0 N–H and O–H groups in total. The fourth-order valence-corrected chi connectivity index (χ4v) is 0.798. The zero-order chi connectivity index (χ0) is 6.57. The zero-order valence-corrected chi connectivity index (χ0v) is 7.51. The van der Waals surface area contributed by atoms with Crippen molar-refractivity contribution in [2.24, 2.45) is 0 Å². The Morgan fingerprint density at radius 2 is 1.88 bits per heavy atom. The summed E-state index contributed by atoms with van der Waals surface area (Å²) in [5.74, 6) is 0. The smallest absolute Gasteiger partial charge is 0.0279 e. The van der Waals surface area contributed by atoms with Gasteiger partial charge in [-0.25, -0.2) is 0 Å². The molecule has 0 heterocycles. The van der Waals surface area contributed by atoms with Crippen LogP contribution in [0.25, 0.3) is 0 Å². The molecule has 0 atom stereocenters.